The van der Waals surface area contributed by atoms with Gasteiger partial charge in [0.1, 0.15) is 5.75 Å². The number of hydrogen-bond acceptors (Lipinski definition) is 5. The third-order valence-electron chi connectivity index (χ3n) is 2.60. The fourth-order valence-electron chi connectivity index (χ4n) is 1.77. The predicted octanol–water partition coefficient (Wildman–Crippen LogP) is 3.93. The third kappa shape index (κ3) is 3.13. The van der Waals surface area contributed by atoms with Crippen molar-refractivity contribution < 1.29 is 17.9 Å². The van der Waals surface area contributed by atoms with Crippen LogP contribution in [0, 0.1) is 0 Å². The van der Waals surface area contributed by atoms with Crippen molar-refractivity contribution in [3.8, 4) is 5.75 Å². The van der Waals surface area contributed by atoms with E-state index >= 15 is 0 Å². The van der Waals surface area contributed by atoms with E-state index < -0.39 is 11.2 Å². The lowest BCUT2D eigenvalue weighted by molar-refractivity contribution is -0.137. The van der Waals surface area contributed by atoms with Gasteiger partial charge < -0.3 is 10.1 Å². The minimum atomic E-state index is -4.40. The van der Waals surface area contributed by atoms with Gasteiger partial charge in [-0.3, -0.25) is 0 Å². The van der Waals surface area contributed by atoms with E-state index in [1.807, 2.05) is 12.3 Å². The molecule has 2 heterocycles. The van der Waals surface area contributed by atoms with Crippen molar-refractivity contribution in [2.45, 2.75) is 19.1 Å². The molecule has 0 radical (unpaired) electrons. The first kappa shape index (κ1) is 15.3. The number of alkyl halides is 3. The molecular weight excluding hydrogens is 309 g/mol. The van der Waals surface area contributed by atoms with Crippen LogP contribution in [0.1, 0.15) is 27.7 Å². The molecule has 0 bridgehead atoms. The zero-order valence-electron chi connectivity index (χ0n) is 10.8. The summed E-state index contributed by atoms with van der Waals surface area (Å²) in [5.74, 6) is 0.669. The molecule has 0 aliphatic rings. The summed E-state index contributed by atoms with van der Waals surface area (Å²) >= 11 is 2.10. The molecule has 1 atom stereocenters. The number of thiazole rings is 1. The van der Waals surface area contributed by atoms with Gasteiger partial charge >= 0.3 is 6.18 Å². The smallest absolute Gasteiger partial charge is 0.443 e. The van der Waals surface area contributed by atoms with Gasteiger partial charge in [0.2, 0.25) is 0 Å². The van der Waals surface area contributed by atoms with Crippen LogP contribution in [0.2, 0.25) is 0 Å². The lowest BCUT2D eigenvalue weighted by Gasteiger charge is -2.16. The standard InChI is InChI=1S/C12H13F3N2OS2/c1-3-16-9(10-7(18-2)4-5-19-10)8-6-17-11(20-8)12(13,14)15/h4-6,9,16H,3H2,1-2H3. The number of nitrogens with zero attached hydrogens (tertiary/aromatic N) is 1. The van der Waals surface area contributed by atoms with E-state index in [1.165, 1.54) is 17.5 Å². The van der Waals surface area contributed by atoms with E-state index in [1.54, 1.807) is 13.2 Å². The van der Waals surface area contributed by atoms with E-state index in [9.17, 15) is 13.2 Å². The zero-order chi connectivity index (χ0) is 14.8. The summed E-state index contributed by atoms with van der Waals surface area (Å²) in [6.07, 6.45) is -3.13. The van der Waals surface area contributed by atoms with Crippen molar-refractivity contribution in [3.05, 3.63) is 32.4 Å². The molecule has 110 valence electrons. The molecule has 1 unspecified atom stereocenters. The molecule has 0 aromatic carbocycles. The Kier molecular flexibility index (Phi) is 4.66. The van der Waals surface area contributed by atoms with Crippen molar-refractivity contribution in [1.29, 1.82) is 0 Å². The number of nitrogens with one attached hydrogen (secondary N) is 1. The summed E-state index contributed by atoms with van der Waals surface area (Å²) < 4.78 is 43.2. The third-order valence-corrected chi connectivity index (χ3v) is 4.67. The van der Waals surface area contributed by atoms with Crippen LogP contribution in [0.4, 0.5) is 13.2 Å². The first-order valence-electron chi connectivity index (χ1n) is 5.85. The first-order valence-corrected chi connectivity index (χ1v) is 7.54. The molecule has 2 aromatic rings. The highest BCUT2D eigenvalue weighted by molar-refractivity contribution is 7.12. The van der Waals surface area contributed by atoms with Gasteiger partial charge in [0.15, 0.2) is 5.01 Å². The molecule has 1 N–H and O–H groups in total. The van der Waals surface area contributed by atoms with Crippen LogP contribution in [0.15, 0.2) is 17.6 Å². The Morgan fingerprint density at radius 2 is 2.20 bits per heavy atom. The first-order chi connectivity index (χ1) is 9.47. The molecule has 0 saturated carbocycles. The Hall–Kier alpha value is -1.12. The number of rotatable bonds is 5. The molecule has 0 saturated heterocycles. The van der Waals surface area contributed by atoms with Crippen LogP contribution in [0.5, 0.6) is 5.75 Å². The van der Waals surface area contributed by atoms with Crippen molar-refractivity contribution in [1.82, 2.24) is 10.3 Å². The minimum absolute atomic E-state index is 0.330. The second kappa shape index (κ2) is 6.11. The Morgan fingerprint density at radius 3 is 2.75 bits per heavy atom. The Bertz CT molecular complexity index is 565. The molecule has 0 spiro atoms. The second-order valence-electron chi connectivity index (χ2n) is 3.91. The molecule has 2 aromatic heterocycles. The van der Waals surface area contributed by atoms with Crippen LogP contribution in [0.25, 0.3) is 0 Å². The molecule has 20 heavy (non-hydrogen) atoms. The van der Waals surface area contributed by atoms with Crippen molar-refractivity contribution in [2.75, 3.05) is 13.7 Å². The van der Waals surface area contributed by atoms with E-state index in [4.69, 9.17) is 4.74 Å². The maximum atomic E-state index is 12.6. The van der Waals surface area contributed by atoms with Gasteiger partial charge in [-0.1, -0.05) is 6.92 Å². The second-order valence-corrected chi connectivity index (χ2v) is 5.92. The number of aromatic nitrogens is 1. The van der Waals surface area contributed by atoms with Gasteiger partial charge in [-0.05, 0) is 18.0 Å². The number of methoxy groups -OCH3 is 1. The van der Waals surface area contributed by atoms with Gasteiger partial charge in [0, 0.05) is 11.1 Å². The summed E-state index contributed by atoms with van der Waals surface area (Å²) in [5, 5.41) is 4.20. The summed E-state index contributed by atoms with van der Waals surface area (Å²) in [6.45, 7) is 2.53. The topological polar surface area (TPSA) is 34.2 Å². The average Bonchev–Trinajstić information content (AvgIpc) is 3.04. The molecule has 0 aliphatic heterocycles. The molecule has 8 heteroatoms. The highest BCUT2D eigenvalue weighted by Crippen LogP contribution is 2.39. The largest absolute Gasteiger partial charge is 0.496 e. The molecule has 3 nitrogen and oxygen atoms in total. The van der Waals surface area contributed by atoms with Crippen LogP contribution in [-0.2, 0) is 6.18 Å². The van der Waals surface area contributed by atoms with E-state index in [0.717, 1.165) is 4.88 Å². The fraction of sp³-hybridized carbons (Fsp3) is 0.417. The van der Waals surface area contributed by atoms with Crippen molar-refractivity contribution in [2.24, 2.45) is 0 Å². The van der Waals surface area contributed by atoms with Gasteiger partial charge in [-0.25, -0.2) is 4.98 Å². The van der Waals surface area contributed by atoms with E-state index in [0.29, 0.717) is 28.5 Å². The lowest BCUT2D eigenvalue weighted by atomic mass is 10.2. The monoisotopic (exact) mass is 322 g/mol. The number of hydrogen-bond donors (Lipinski definition) is 1. The SMILES string of the molecule is CCNC(c1cnc(C(F)(F)F)s1)c1sccc1OC. The molecule has 0 amide bonds. The van der Waals surface area contributed by atoms with Gasteiger partial charge in [0.25, 0.3) is 0 Å². The normalized spacial score (nSPS) is 13.4. The highest BCUT2D eigenvalue weighted by Gasteiger charge is 2.35. The number of ether oxygens (including phenoxy) is 1. The van der Waals surface area contributed by atoms with E-state index in [2.05, 4.69) is 10.3 Å². The highest BCUT2D eigenvalue weighted by atomic mass is 32.1. The number of thiophene rings is 1. The Balaban J connectivity index is 2.36. The van der Waals surface area contributed by atoms with Gasteiger partial charge in [0.05, 0.1) is 18.0 Å². The minimum Gasteiger partial charge on any atom is -0.496 e. The van der Waals surface area contributed by atoms with Crippen LogP contribution >= 0.6 is 22.7 Å². The fourth-order valence-corrected chi connectivity index (χ4v) is 3.66. The van der Waals surface area contributed by atoms with Crippen molar-refractivity contribution in [3.63, 3.8) is 0 Å². The van der Waals surface area contributed by atoms with Gasteiger partial charge in [-0.15, -0.1) is 22.7 Å². The summed E-state index contributed by atoms with van der Waals surface area (Å²) in [5.41, 5.74) is 0. The summed E-state index contributed by atoms with van der Waals surface area (Å²) in [6, 6.07) is 1.47. The zero-order valence-corrected chi connectivity index (χ0v) is 12.5. The quantitative estimate of drug-likeness (QED) is 0.905. The average molecular weight is 322 g/mol. The van der Waals surface area contributed by atoms with E-state index in [-0.39, 0.29) is 6.04 Å². The van der Waals surface area contributed by atoms with Gasteiger partial charge in [-0.2, -0.15) is 13.2 Å². The molecule has 0 aliphatic carbocycles. The Morgan fingerprint density at radius 1 is 1.45 bits per heavy atom. The van der Waals surface area contributed by atoms with Crippen LogP contribution in [-0.4, -0.2) is 18.6 Å². The molecular formula is C12H13F3N2OS2. The summed E-state index contributed by atoms with van der Waals surface area (Å²) in [4.78, 5) is 4.85. The molecule has 2 rings (SSSR count). The van der Waals surface area contributed by atoms with Crippen molar-refractivity contribution >= 4 is 22.7 Å². The van der Waals surface area contributed by atoms with Crippen LogP contribution < -0.4 is 10.1 Å². The molecule has 0 fully saturated rings. The van der Waals surface area contributed by atoms with Crippen LogP contribution in [0.3, 0.4) is 0 Å². The summed E-state index contributed by atoms with van der Waals surface area (Å²) in [7, 11) is 1.54. The number of halogens is 3. The predicted molar refractivity (Wildman–Crippen MR) is 73.5 cm³/mol. The maximum Gasteiger partial charge on any atom is 0.443 e. The Labute approximate surface area is 122 Å². The lowest BCUT2D eigenvalue weighted by Crippen LogP contribution is -2.20. The maximum absolute atomic E-state index is 12.6.